The molecule has 1 aliphatic heterocycles. The second kappa shape index (κ2) is 3.96. The Morgan fingerprint density at radius 1 is 1.50 bits per heavy atom. The maximum Gasteiger partial charge on any atom is 0.317 e. The van der Waals surface area contributed by atoms with E-state index in [2.05, 4.69) is 5.32 Å². The molecule has 0 radical (unpaired) electrons. The molecule has 16 heavy (non-hydrogen) atoms. The number of carboxylic acids is 1. The molecule has 2 aliphatic rings. The van der Waals surface area contributed by atoms with Crippen LogP contribution < -0.4 is 5.32 Å². The maximum atomic E-state index is 11.7. The molecule has 1 heterocycles. The zero-order valence-corrected chi connectivity index (χ0v) is 9.53. The van der Waals surface area contributed by atoms with Crippen molar-refractivity contribution < 1.29 is 14.7 Å². The number of hydrogen-bond donors (Lipinski definition) is 2. The number of carbonyl (C=O) groups excluding carboxylic acids is 1. The van der Waals surface area contributed by atoms with E-state index in [-0.39, 0.29) is 6.03 Å². The van der Waals surface area contributed by atoms with E-state index >= 15 is 0 Å². The first-order valence-electron chi connectivity index (χ1n) is 5.86. The van der Waals surface area contributed by atoms with E-state index in [4.69, 9.17) is 0 Å². The van der Waals surface area contributed by atoms with Crippen molar-refractivity contribution in [1.29, 1.82) is 0 Å². The van der Waals surface area contributed by atoms with Crippen LogP contribution in [0.3, 0.4) is 0 Å². The monoisotopic (exact) mass is 226 g/mol. The van der Waals surface area contributed by atoms with Crippen LogP contribution >= 0.6 is 0 Å². The Balaban J connectivity index is 1.95. The predicted octanol–water partition coefficient (Wildman–Crippen LogP) is 1.05. The van der Waals surface area contributed by atoms with Crippen LogP contribution in [-0.2, 0) is 4.79 Å². The predicted molar refractivity (Wildman–Crippen MR) is 58.1 cm³/mol. The molecule has 0 aromatic heterocycles. The Hall–Kier alpha value is -1.26. The zero-order chi connectivity index (χ0) is 11.8. The van der Waals surface area contributed by atoms with Crippen LogP contribution in [0, 0.1) is 5.41 Å². The third kappa shape index (κ3) is 1.99. The van der Waals surface area contributed by atoms with Gasteiger partial charge >= 0.3 is 12.0 Å². The Morgan fingerprint density at radius 2 is 2.19 bits per heavy atom. The van der Waals surface area contributed by atoms with Crippen LogP contribution in [0.2, 0.25) is 0 Å². The molecule has 90 valence electrons. The van der Waals surface area contributed by atoms with E-state index in [0.717, 1.165) is 12.8 Å². The fourth-order valence-corrected chi connectivity index (χ4v) is 2.15. The first-order valence-corrected chi connectivity index (χ1v) is 5.86. The molecule has 2 amide bonds. The summed E-state index contributed by atoms with van der Waals surface area (Å²) in [6.45, 7) is 2.77. The van der Waals surface area contributed by atoms with Crippen molar-refractivity contribution in [3.8, 4) is 0 Å². The van der Waals surface area contributed by atoms with E-state index in [1.165, 1.54) is 0 Å². The van der Waals surface area contributed by atoms with Crippen molar-refractivity contribution in [2.24, 2.45) is 5.41 Å². The van der Waals surface area contributed by atoms with Crippen LogP contribution in [0.5, 0.6) is 0 Å². The van der Waals surface area contributed by atoms with E-state index in [1.54, 1.807) is 4.90 Å². The van der Waals surface area contributed by atoms with Crippen molar-refractivity contribution in [2.45, 2.75) is 38.6 Å². The SMILES string of the molecule is CCC1(C(=O)O)CCN(C(=O)NC2CC2)C1. The molecule has 1 unspecified atom stereocenters. The first-order chi connectivity index (χ1) is 7.57. The Bertz CT molecular complexity index is 314. The Labute approximate surface area is 94.8 Å². The van der Waals surface area contributed by atoms with Gasteiger partial charge in [-0.1, -0.05) is 6.92 Å². The number of likely N-dealkylation sites (tertiary alicyclic amines) is 1. The van der Waals surface area contributed by atoms with Gasteiger partial charge in [-0.3, -0.25) is 4.79 Å². The van der Waals surface area contributed by atoms with Gasteiger partial charge in [-0.15, -0.1) is 0 Å². The van der Waals surface area contributed by atoms with Crippen molar-refractivity contribution in [3.63, 3.8) is 0 Å². The second-order valence-corrected chi connectivity index (χ2v) is 4.83. The van der Waals surface area contributed by atoms with Crippen molar-refractivity contribution in [1.82, 2.24) is 10.2 Å². The van der Waals surface area contributed by atoms with Crippen molar-refractivity contribution >= 4 is 12.0 Å². The highest BCUT2D eigenvalue weighted by Crippen LogP contribution is 2.34. The van der Waals surface area contributed by atoms with Crippen molar-refractivity contribution in [2.75, 3.05) is 13.1 Å². The average Bonchev–Trinajstić information content (AvgIpc) is 2.95. The van der Waals surface area contributed by atoms with E-state index in [9.17, 15) is 14.7 Å². The molecule has 1 aliphatic carbocycles. The molecule has 1 saturated heterocycles. The number of nitrogens with zero attached hydrogens (tertiary/aromatic N) is 1. The molecule has 5 heteroatoms. The summed E-state index contributed by atoms with van der Waals surface area (Å²) in [5.74, 6) is -0.781. The highest BCUT2D eigenvalue weighted by atomic mass is 16.4. The quantitative estimate of drug-likeness (QED) is 0.755. The lowest BCUT2D eigenvalue weighted by molar-refractivity contribution is -0.148. The van der Waals surface area contributed by atoms with Crippen LogP contribution in [0.1, 0.15) is 32.6 Å². The van der Waals surface area contributed by atoms with Gasteiger partial charge in [0.25, 0.3) is 0 Å². The van der Waals surface area contributed by atoms with Gasteiger partial charge < -0.3 is 15.3 Å². The fourth-order valence-electron chi connectivity index (χ4n) is 2.15. The van der Waals surface area contributed by atoms with Crippen LogP contribution in [0.25, 0.3) is 0 Å². The van der Waals surface area contributed by atoms with Crippen LogP contribution in [-0.4, -0.2) is 41.1 Å². The Morgan fingerprint density at radius 3 is 2.62 bits per heavy atom. The summed E-state index contributed by atoms with van der Waals surface area (Å²) >= 11 is 0. The summed E-state index contributed by atoms with van der Waals surface area (Å²) in [5.41, 5.74) is -0.721. The normalized spacial score (nSPS) is 29.2. The minimum atomic E-state index is -0.781. The van der Waals surface area contributed by atoms with Gasteiger partial charge in [-0.05, 0) is 25.7 Å². The number of carbonyl (C=O) groups is 2. The van der Waals surface area contributed by atoms with Crippen molar-refractivity contribution in [3.05, 3.63) is 0 Å². The number of aliphatic carboxylic acids is 1. The molecule has 0 aromatic carbocycles. The van der Waals surface area contributed by atoms with Gasteiger partial charge in [0.2, 0.25) is 0 Å². The van der Waals surface area contributed by atoms with Gasteiger partial charge in [0.15, 0.2) is 0 Å². The molecule has 1 saturated carbocycles. The summed E-state index contributed by atoms with van der Waals surface area (Å²) in [6, 6.07) is 0.230. The highest BCUT2D eigenvalue weighted by Gasteiger charge is 2.45. The molecule has 2 fully saturated rings. The third-order valence-corrected chi connectivity index (χ3v) is 3.68. The second-order valence-electron chi connectivity index (χ2n) is 4.83. The van der Waals surface area contributed by atoms with E-state index in [0.29, 0.717) is 32.0 Å². The summed E-state index contributed by atoms with van der Waals surface area (Å²) in [4.78, 5) is 24.6. The first kappa shape index (κ1) is 11.2. The molecule has 1 atom stereocenters. The maximum absolute atomic E-state index is 11.7. The summed E-state index contributed by atoms with van der Waals surface area (Å²) in [7, 11) is 0. The van der Waals surface area contributed by atoms with E-state index < -0.39 is 11.4 Å². The van der Waals surface area contributed by atoms with E-state index in [1.807, 2.05) is 6.92 Å². The number of rotatable bonds is 3. The molecular formula is C11H18N2O3. The van der Waals surface area contributed by atoms with Gasteiger partial charge in [-0.2, -0.15) is 0 Å². The summed E-state index contributed by atoms with van der Waals surface area (Å²) in [5, 5.41) is 12.1. The standard InChI is InChI=1S/C11H18N2O3/c1-2-11(9(14)15)5-6-13(7-11)10(16)12-8-3-4-8/h8H,2-7H2,1H3,(H,12,16)(H,14,15). The summed E-state index contributed by atoms with van der Waals surface area (Å²) in [6.07, 6.45) is 3.25. The lowest BCUT2D eigenvalue weighted by Crippen LogP contribution is -2.42. The fraction of sp³-hybridized carbons (Fsp3) is 0.818. The minimum absolute atomic E-state index is 0.0981. The van der Waals surface area contributed by atoms with Crippen LogP contribution in [0.15, 0.2) is 0 Å². The highest BCUT2D eigenvalue weighted by molar-refractivity contribution is 5.80. The zero-order valence-electron chi connectivity index (χ0n) is 9.53. The minimum Gasteiger partial charge on any atom is -0.481 e. The number of amides is 2. The largest absolute Gasteiger partial charge is 0.481 e. The molecule has 0 bridgehead atoms. The third-order valence-electron chi connectivity index (χ3n) is 3.68. The van der Waals surface area contributed by atoms with Gasteiger partial charge in [0.05, 0.1) is 5.41 Å². The number of carboxylic acid groups (broad SMARTS) is 1. The van der Waals surface area contributed by atoms with Gasteiger partial charge in [0.1, 0.15) is 0 Å². The molecule has 2 N–H and O–H groups in total. The molecule has 5 nitrogen and oxygen atoms in total. The van der Waals surface area contributed by atoms with Gasteiger partial charge in [-0.25, -0.2) is 4.79 Å². The number of urea groups is 1. The lowest BCUT2D eigenvalue weighted by Gasteiger charge is -2.23. The Kier molecular flexibility index (Phi) is 2.78. The molecule has 0 aromatic rings. The summed E-state index contributed by atoms with van der Waals surface area (Å²) < 4.78 is 0. The molecule has 0 spiro atoms. The average molecular weight is 226 g/mol. The lowest BCUT2D eigenvalue weighted by atomic mass is 9.84. The topological polar surface area (TPSA) is 69.6 Å². The molecule has 2 rings (SSSR count). The smallest absolute Gasteiger partial charge is 0.317 e. The number of hydrogen-bond acceptors (Lipinski definition) is 2. The van der Waals surface area contributed by atoms with Crippen LogP contribution in [0.4, 0.5) is 4.79 Å². The molecular weight excluding hydrogens is 208 g/mol. The van der Waals surface area contributed by atoms with Gasteiger partial charge in [0, 0.05) is 19.1 Å². The number of nitrogens with one attached hydrogen (secondary N) is 1.